The maximum absolute atomic E-state index is 13.4. The van der Waals surface area contributed by atoms with Crippen molar-refractivity contribution in [3.8, 4) is 5.69 Å². The fourth-order valence-electron chi connectivity index (χ4n) is 1.97. The van der Waals surface area contributed by atoms with Crippen molar-refractivity contribution in [3.05, 3.63) is 52.6 Å². The van der Waals surface area contributed by atoms with E-state index in [4.69, 9.17) is 5.11 Å². The molecule has 0 atom stereocenters. The van der Waals surface area contributed by atoms with Crippen LogP contribution in [0.4, 0.5) is 4.39 Å². The van der Waals surface area contributed by atoms with Crippen LogP contribution in [0.1, 0.15) is 22.5 Å². The quantitative estimate of drug-likeness (QED) is 0.875. The molecule has 0 unspecified atom stereocenters. The summed E-state index contributed by atoms with van der Waals surface area (Å²) in [7, 11) is 0. The fourth-order valence-corrected chi connectivity index (χ4v) is 1.97. The van der Waals surface area contributed by atoms with Gasteiger partial charge in [0.2, 0.25) is 0 Å². The number of aromatic nitrogens is 2. The molecule has 0 aliphatic rings. The monoisotopic (exact) mass is 274 g/mol. The smallest absolute Gasteiger partial charge is 0.328 e. The van der Waals surface area contributed by atoms with Gasteiger partial charge in [0, 0.05) is 17.3 Å². The molecule has 20 heavy (non-hydrogen) atoms. The van der Waals surface area contributed by atoms with Crippen LogP contribution < -0.4 is 0 Å². The van der Waals surface area contributed by atoms with Gasteiger partial charge in [0.1, 0.15) is 5.82 Å². The Morgan fingerprint density at radius 2 is 2.05 bits per heavy atom. The second-order valence-corrected chi connectivity index (χ2v) is 4.58. The minimum Gasteiger partial charge on any atom is -0.478 e. The zero-order valence-electron chi connectivity index (χ0n) is 11.5. The van der Waals surface area contributed by atoms with Crippen molar-refractivity contribution in [1.29, 1.82) is 0 Å². The minimum atomic E-state index is -1.08. The molecular weight excluding hydrogens is 259 g/mol. The Morgan fingerprint density at radius 1 is 1.35 bits per heavy atom. The van der Waals surface area contributed by atoms with E-state index in [2.05, 4.69) is 5.10 Å². The number of hydrogen-bond acceptors (Lipinski definition) is 2. The predicted octanol–water partition coefficient (Wildman–Crippen LogP) is 3.03. The Kier molecular flexibility index (Phi) is 3.70. The molecule has 4 nitrogen and oxygen atoms in total. The summed E-state index contributed by atoms with van der Waals surface area (Å²) in [5.41, 5.74) is 4.01. The predicted molar refractivity (Wildman–Crippen MR) is 74.4 cm³/mol. The lowest BCUT2D eigenvalue weighted by molar-refractivity contribution is -0.131. The molecule has 2 aromatic rings. The van der Waals surface area contributed by atoms with Crippen molar-refractivity contribution in [2.45, 2.75) is 20.8 Å². The van der Waals surface area contributed by atoms with Crippen LogP contribution in [-0.2, 0) is 4.79 Å². The number of halogens is 1. The molecule has 0 aliphatic carbocycles. The van der Waals surface area contributed by atoms with Crippen LogP contribution in [0.2, 0.25) is 0 Å². The number of carboxylic acid groups (broad SMARTS) is 1. The highest BCUT2D eigenvalue weighted by Crippen LogP contribution is 2.22. The van der Waals surface area contributed by atoms with E-state index in [0.717, 1.165) is 23.0 Å². The highest BCUT2D eigenvalue weighted by molar-refractivity contribution is 5.86. The third kappa shape index (κ3) is 2.61. The first kappa shape index (κ1) is 14.0. The van der Waals surface area contributed by atoms with Gasteiger partial charge >= 0.3 is 5.97 Å². The molecule has 0 aliphatic heterocycles. The molecular formula is C15H15FN2O2. The largest absolute Gasteiger partial charge is 0.478 e. The van der Waals surface area contributed by atoms with E-state index in [1.54, 1.807) is 10.7 Å². The van der Waals surface area contributed by atoms with Crippen molar-refractivity contribution in [2.24, 2.45) is 0 Å². The lowest BCUT2D eigenvalue weighted by Crippen LogP contribution is -2.02. The second-order valence-electron chi connectivity index (χ2n) is 4.58. The number of carbonyl (C=O) groups is 1. The molecule has 0 fully saturated rings. The molecule has 1 N–H and O–H groups in total. The summed E-state index contributed by atoms with van der Waals surface area (Å²) < 4.78 is 15.1. The van der Waals surface area contributed by atoms with E-state index in [0.29, 0.717) is 11.3 Å². The van der Waals surface area contributed by atoms with Crippen molar-refractivity contribution in [3.63, 3.8) is 0 Å². The molecule has 0 radical (unpaired) electrons. The van der Waals surface area contributed by atoms with Crippen molar-refractivity contribution in [2.75, 3.05) is 0 Å². The third-order valence-electron chi connectivity index (χ3n) is 3.28. The summed E-state index contributed by atoms with van der Waals surface area (Å²) in [6, 6.07) is 4.22. The average molecular weight is 274 g/mol. The van der Waals surface area contributed by atoms with Crippen molar-refractivity contribution < 1.29 is 14.3 Å². The number of rotatable bonds is 3. The van der Waals surface area contributed by atoms with Gasteiger partial charge in [-0.05, 0) is 50.6 Å². The Morgan fingerprint density at radius 3 is 2.60 bits per heavy atom. The van der Waals surface area contributed by atoms with E-state index in [1.807, 2.05) is 20.8 Å². The van der Waals surface area contributed by atoms with Gasteiger partial charge in [-0.3, -0.25) is 0 Å². The SMILES string of the molecule is Cc1nn(-c2ccc(F)cc2/C=C/C(=O)O)c(C)c1C. The minimum absolute atomic E-state index is 0.419. The van der Waals surface area contributed by atoms with E-state index in [-0.39, 0.29) is 0 Å². The van der Waals surface area contributed by atoms with E-state index in [9.17, 15) is 9.18 Å². The van der Waals surface area contributed by atoms with Crippen LogP contribution in [-0.4, -0.2) is 20.9 Å². The van der Waals surface area contributed by atoms with Gasteiger partial charge in [-0.15, -0.1) is 0 Å². The molecule has 2 rings (SSSR count). The van der Waals surface area contributed by atoms with Gasteiger partial charge < -0.3 is 5.11 Å². The maximum atomic E-state index is 13.4. The average Bonchev–Trinajstić information content (AvgIpc) is 2.64. The first-order valence-corrected chi connectivity index (χ1v) is 6.14. The van der Waals surface area contributed by atoms with Crippen molar-refractivity contribution in [1.82, 2.24) is 9.78 Å². The molecule has 1 heterocycles. The lowest BCUT2D eigenvalue weighted by Gasteiger charge is -2.09. The number of benzene rings is 1. The van der Waals surface area contributed by atoms with Crippen LogP contribution in [0, 0.1) is 26.6 Å². The third-order valence-corrected chi connectivity index (χ3v) is 3.28. The Hall–Kier alpha value is -2.43. The number of hydrogen-bond donors (Lipinski definition) is 1. The van der Waals surface area contributed by atoms with Gasteiger partial charge in [-0.1, -0.05) is 0 Å². The number of aryl methyl sites for hydroxylation is 1. The van der Waals surface area contributed by atoms with Crippen LogP contribution in [0.3, 0.4) is 0 Å². The molecule has 0 spiro atoms. The zero-order valence-corrected chi connectivity index (χ0v) is 11.5. The summed E-state index contributed by atoms with van der Waals surface area (Å²) in [4.78, 5) is 10.6. The molecule has 0 saturated heterocycles. The van der Waals surface area contributed by atoms with Crippen LogP contribution >= 0.6 is 0 Å². The molecule has 1 aromatic carbocycles. The first-order chi connectivity index (χ1) is 9.40. The number of aliphatic carboxylic acids is 1. The Labute approximate surface area is 116 Å². The standard InChI is InChI=1S/C15H15FN2O2/c1-9-10(2)17-18(11(9)3)14-6-5-13(16)8-12(14)4-7-15(19)20/h4-8H,1-3H3,(H,19,20)/b7-4+. The Balaban J connectivity index is 2.61. The molecule has 0 saturated carbocycles. The number of nitrogens with zero attached hydrogens (tertiary/aromatic N) is 2. The van der Waals surface area contributed by atoms with E-state index >= 15 is 0 Å². The van der Waals surface area contributed by atoms with Gasteiger partial charge in [-0.25, -0.2) is 13.9 Å². The van der Waals surface area contributed by atoms with Gasteiger partial charge in [-0.2, -0.15) is 5.10 Å². The normalized spacial score (nSPS) is 11.2. The van der Waals surface area contributed by atoms with Gasteiger partial charge in [0.25, 0.3) is 0 Å². The van der Waals surface area contributed by atoms with E-state index < -0.39 is 11.8 Å². The maximum Gasteiger partial charge on any atom is 0.328 e. The summed E-state index contributed by atoms with van der Waals surface area (Å²) in [5.74, 6) is -1.50. The van der Waals surface area contributed by atoms with Gasteiger partial charge in [0.15, 0.2) is 0 Å². The van der Waals surface area contributed by atoms with Crippen molar-refractivity contribution >= 4 is 12.0 Å². The van der Waals surface area contributed by atoms with Gasteiger partial charge in [0.05, 0.1) is 11.4 Å². The number of carboxylic acids is 1. The molecule has 0 bridgehead atoms. The summed E-state index contributed by atoms with van der Waals surface area (Å²) in [5, 5.41) is 13.1. The van der Waals surface area contributed by atoms with Crippen LogP contribution in [0.25, 0.3) is 11.8 Å². The highest BCUT2D eigenvalue weighted by atomic mass is 19.1. The second kappa shape index (κ2) is 5.28. The molecule has 5 heteroatoms. The summed E-state index contributed by atoms with van der Waals surface area (Å²) in [6.45, 7) is 5.78. The van der Waals surface area contributed by atoms with Crippen LogP contribution in [0.5, 0.6) is 0 Å². The molecule has 104 valence electrons. The Bertz CT molecular complexity index is 702. The molecule has 1 aromatic heterocycles. The summed E-state index contributed by atoms with van der Waals surface area (Å²) >= 11 is 0. The van der Waals surface area contributed by atoms with E-state index in [1.165, 1.54) is 18.2 Å². The topological polar surface area (TPSA) is 55.1 Å². The first-order valence-electron chi connectivity index (χ1n) is 6.14. The summed E-state index contributed by atoms with van der Waals surface area (Å²) in [6.07, 6.45) is 2.35. The highest BCUT2D eigenvalue weighted by Gasteiger charge is 2.12. The molecule has 0 amide bonds. The zero-order chi connectivity index (χ0) is 14.9. The fraction of sp³-hybridized carbons (Fsp3) is 0.200. The lowest BCUT2D eigenvalue weighted by atomic mass is 10.1. The van der Waals surface area contributed by atoms with Crippen LogP contribution in [0.15, 0.2) is 24.3 Å².